The third-order valence-electron chi connectivity index (χ3n) is 6.12. The number of rotatable bonds is 21. The lowest BCUT2D eigenvalue weighted by molar-refractivity contribution is -0.296. The van der Waals surface area contributed by atoms with Crippen LogP contribution in [0.2, 0.25) is 51.4 Å². The van der Waals surface area contributed by atoms with E-state index in [4.69, 9.17) is 22.4 Å². The normalized spacial score (nSPS) is 15.7. The average Bonchev–Trinajstić information content (AvgIpc) is 2.75. The summed E-state index contributed by atoms with van der Waals surface area (Å²) in [5, 5.41) is 0. The summed E-state index contributed by atoms with van der Waals surface area (Å²) in [7, 11) is -1.05. The Kier molecular flexibility index (Phi) is 16.4. The molecule has 0 aliphatic heterocycles. The van der Waals surface area contributed by atoms with E-state index >= 15 is 0 Å². The SMILES string of the molecule is CO[Si](CCCCCCC(C[Si](C)(C)C)C(CCCOCC(F)(F)C(F)(F)F)O[Si](C)(C)C)(OC)OC. The first kappa shape index (κ1) is 37.1. The fourth-order valence-electron chi connectivity index (χ4n) is 4.38. The minimum atomic E-state index is -5.60. The highest BCUT2D eigenvalue weighted by Crippen LogP contribution is 2.36. The van der Waals surface area contributed by atoms with Crippen LogP contribution in [0.4, 0.5) is 22.0 Å². The summed E-state index contributed by atoms with van der Waals surface area (Å²) < 4.78 is 91.1. The first-order valence-corrected chi connectivity index (χ1v) is 22.2. The van der Waals surface area contributed by atoms with E-state index in [0.717, 1.165) is 44.2 Å². The molecule has 0 aliphatic carbocycles. The van der Waals surface area contributed by atoms with E-state index in [1.807, 2.05) is 0 Å². The minimum Gasteiger partial charge on any atom is -0.414 e. The molecule has 0 aromatic rings. The summed E-state index contributed by atoms with van der Waals surface area (Å²) in [6.07, 6.45) is 0.382. The van der Waals surface area contributed by atoms with Crippen LogP contribution in [0.15, 0.2) is 0 Å². The van der Waals surface area contributed by atoms with Crippen LogP contribution < -0.4 is 0 Å². The first-order valence-electron chi connectivity index (χ1n) is 13.2. The number of ether oxygens (including phenoxy) is 1. The van der Waals surface area contributed by atoms with Crippen molar-refractivity contribution in [3.05, 3.63) is 0 Å². The zero-order valence-electron chi connectivity index (χ0n) is 24.4. The minimum absolute atomic E-state index is 0.0550. The quantitative estimate of drug-likeness (QED) is 0.0762. The van der Waals surface area contributed by atoms with E-state index in [-0.39, 0.29) is 12.7 Å². The lowest BCUT2D eigenvalue weighted by atomic mass is 9.94. The molecule has 0 aromatic carbocycles. The van der Waals surface area contributed by atoms with Crippen molar-refractivity contribution in [1.82, 2.24) is 0 Å². The van der Waals surface area contributed by atoms with Crippen LogP contribution in [-0.4, -0.2) is 77.9 Å². The lowest BCUT2D eigenvalue weighted by Gasteiger charge is -2.36. The number of alkyl halides is 5. The topological polar surface area (TPSA) is 46.2 Å². The van der Waals surface area contributed by atoms with Crippen LogP contribution in [0.25, 0.3) is 0 Å². The molecule has 0 rings (SSSR count). The van der Waals surface area contributed by atoms with E-state index < -0.39 is 43.9 Å². The second-order valence-corrected chi connectivity index (χ2v) is 25.0. The van der Waals surface area contributed by atoms with Gasteiger partial charge in [0.2, 0.25) is 0 Å². The van der Waals surface area contributed by atoms with E-state index in [1.54, 1.807) is 21.3 Å². The van der Waals surface area contributed by atoms with E-state index in [9.17, 15) is 22.0 Å². The van der Waals surface area contributed by atoms with Crippen LogP contribution in [0, 0.1) is 5.92 Å². The summed E-state index contributed by atoms with van der Waals surface area (Å²) in [4.78, 5) is 0. The number of hydrogen-bond acceptors (Lipinski definition) is 5. The molecule has 37 heavy (non-hydrogen) atoms. The zero-order valence-corrected chi connectivity index (χ0v) is 27.4. The van der Waals surface area contributed by atoms with Crippen LogP contribution in [0.1, 0.15) is 44.9 Å². The molecule has 13 heteroatoms. The fourth-order valence-corrected chi connectivity index (χ4v) is 9.43. The van der Waals surface area contributed by atoms with Crippen molar-refractivity contribution in [2.75, 3.05) is 34.5 Å². The van der Waals surface area contributed by atoms with Gasteiger partial charge < -0.3 is 22.4 Å². The molecule has 2 unspecified atom stereocenters. The Bertz CT molecular complexity index is 601. The summed E-state index contributed by atoms with van der Waals surface area (Å²) in [5.41, 5.74) is 0. The van der Waals surface area contributed by atoms with Crippen LogP contribution in [-0.2, 0) is 22.4 Å². The monoisotopic (exact) mass is 598 g/mol. The molecule has 0 spiro atoms. The molecule has 0 radical (unpaired) electrons. The van der Waals surface area contributed by atoms with Crippen LogP contribution >= 0.6 is 0 Å². The van der Waals surface area contributed by atoms with Gasteiger partial charge in [-0.2, -0.15) is 22.0 Å². The van der Waals surface area contributed by atoms with Gasteiger partial charge in [-0.1, -0.05) is 44.9 Å². The summed E-state index contributed by atoms with van der Waals surface area (Å²) in [5.74, 6) is -4.51. The second-order valence-electron chi connectivity index (χ2n) is 11.9. The molecular formula is C24H51F5O5Si3. The van der Waals surface area contributed by atoms with E-state index in [1.165, 1.54) is 0 Å². The predicted molar refractivity (Wildman–Crippen MR) is 146 cm³/mol. The molecule has 0 aromatic heterocycles. The Hall–Kier alpha value is 0.101. The Morgan fingerprint density at radius 1 is 0.703 bits per heavy atom. The summed E-state index contributed by atoms with van der Waals surface area (Å²) >= 11 is 0. The van der Waals surface area contributed by atoms with E-state index in [2.05, 4.69) is 39.3 Å². The molecular weight excluding hydrogens is 548 g/mol. The highest BCUT2D eigenvalue weighted by Gasteiger charge is 2.57. The maximum absolute atomic E-state index is 13.1. The number of hydrogen-bond donors (Lipinski definition) is 0. The number of unbranched alkanes of at least 4 members (excludes halogenated alkanes) is 3. The van der Waals surface area contributed by atoms with Crippen molar-refractivity contribution in [2.24, 2.45) is 5.92 Å². The third-order valence-corrected chi connectivity index (χ3v) is 11.7. The highest BCUT2D eigenvalue weighted by molar-refractivity contribution is 6.76. The molecule has 0 amide bonds. The van der Waals surface area contributed by atoms with Gasteiger partial charge in [-0.25, -0.2) is 0 Å². The maximum Gasteiger partial charge on any atom is 0.500 e. The van der Waals surface area contributed by atoms with Gasteiger partial charge in [0.05, 0.1) is 0 Å². The summed E-state index contributed by atoms with van der Waals surface area (Å²) in [6.45, 7) is 11.5. The van der Waals surface area contributed by atoms with Crippen molar-refractivity contribution in [1.29, 1.82) is 0 Å². The van der Waals surface area contributed by atoms with Crippen molar-refractivity contribution < 1.29 is 44.4 Å². The molecule has 0 saturated heterocycles. The smallest absolute Gasteiger partial charge is 0.414 e. The molecule has 0 fully saturated rings. The molecule has 0 N–H and O–H groups in total. The second kappa shape index (κ2) is 16.4. The highest BCUT2D eigenvalue weighted by atomic mass is 28.4. The molecule has 2 atom stereocenters. The van der Waals surface area contributed by atoms with Gasteiger partial charge in [-0.05, 0) is 51.2 Å². The van der Waals surface area contributed by atoms with Gasteiger partial charge in [-0.15, -0.1) is 0 Å². The largest absolute Gasteiger partial charge is 0.500 e. The maximum atomic E-state index is 13.1. The molecule has 0 bridgehead atoms. The fraction of sp³-hybridized carbons (Fsp3) is 1.00. The first-order chi connectivity index (χ1) is 16.8. The summed E-state index contributed by atoms with van der Waals surface area (Å²) in [6, 6.07) is 1.84. The molecule has 0 heterocycles. The van der Waals surface area contributed by atoms with E-state index in [0.29, 0.717) is 18.8 Å². The Labute approximate surface area is 224 Å². The third kappa shape index (κ3) is 16.1. The van der Waals surface area contributed by atoms with Gasteiger partial charge in [0, 0.05) is 48.2 Å². The van der Waals surface area contributed by atoms with Gasteiger partial charge in [0.15, 0.2) is 8.32 Å². The lowest BCUT2D eigenvalue weighted by Crippen LogP contribution is -2.42. The number of halogens is 5. The predicted octanol–water partition coefficient (Wildman–Crippen LogP) is 7.98. The molecule has 224 valence electrons. The van der Waals surface area contributed by atoms with Crippen LogP contribution in [0.5, 0.6) is 0 Å². The van der Waals surface area contributed by atoms with Gasteiger partial charge in [0.25, 0.3) is 0 Å². The van der Waals surface area contributed by atoms with Crippen molar-refractivity contribution in [2.45, 2.75) is 115 Å². The van der Waals surface area contributed by atoms with Crippen molar-refractivity contribution >= 4 is 25.2 Å². The Balaban J connectivity index is 5.01. The molecule has 0 saturated carbocycles. The zero-order chi connectivity index (χ0) is 29.0. The van der Waals surface area contributed by atoms with Gasteiger partial charge >= 0.3 is 20.9 Å². The van der Waals surface area contributed by atoms with Crippen molar-refractivity contribution in [3.63, 3.8) is 0 Å². The van der Waals surface area contributed by atoms with Crippen molar-refractivity contribution in [3.8, 4) is 0 Å². The molecule has 0 aliphatic rings. The van der Waals surface area contributed by atoms with Gasteiger partial charge in [-0.3, -0.25) is 0 Å². The Morgan fingerprint density at radius 3 is 1.70 bits per heavy atom. The standard InChI is InChI=1S/C24H51F5O5Si3/c1-30-37(31-2,32-3)18-13-11-10-12-15-21(19-35(4,5)6)22(34-36(7,8)9)16-14-17-33-20-23(25,26)24(27,28)29/h21-22H,10-20H2,1-9H3. The Morgan fingerprint density at radius 2 is 1.24 bits per heavy atom. The van der Waals surface area contributed by atoms with Crippen LogP contribution in [0.3, 0.4) is 0 Å². The average molecular weight is 599 g/mol. The van der Waals surface area contributed by atoms with Gasteiger partial charge in [0.1, 0.15) is 6.61 Å². The molecule has 5 nitrogen and oxygen atoms in total.